The van der Waals surface area contributed by atoms with Crippen molar-refractivity contribution < 1.29 is 28.5 Å². The molecule has 2 heterocycles. The molecule has 5 atom stereocenters. The topological polar surface area (TPSA) is 86.4 Å². The van der Waals surface area contributed by atoms with Crippen molar-refractivity contribution in [3.63, 3.8) is 0 Å². The second-order valence-corrected chi connectivity index (χ2v) is 6.96. The third-order valence-corrected chi connectivity index (χ3v) is 5.61. The van der Waals surface area contributed by atoms with E-state index in [1.807, 2.05) is 0 Å². The van der Waals surface area contributed by atoms with Crippen molar-refractivity contribution in [2.24, 2.45) is 11.8 Å². The zero-order chi connectivity index (χ0) is 18.0. The van der Waals surface area contributed by atoms with E-state index >= 15 is 0 Å². The summed E-state index contributed by atoms with van der Waals surface area (Å²) in [6, 6.07) is 0. The van der Waals surface area contributed by atoms with Gasteiger partial charge in [0.05, 0.1) is 31.0 Å². The predicted molar refractivity (Wildman–Crippen MR) is 88.5 cm³/mol. The van der Waals surface area contributed by atoms with E-state index in [9.17, 15) is 9.59 Å². The number of esters is 1. The maximum Gasteiger partial charge on any atom is 0.409 e. The lowest BCUT2D eigenvalue weighted by Crippen LogP contribution is -2.45. The quantitative estimate of drug-likeness (QED) is 0.430. The van der Waals surface area contributed by atoms with Gasteiger partial charge in [-0.05, 0) is 12.8 Å². The maximum atomic E-state index is 12.1. The van der Waals surface area contributed by atoms with E-state index in [0.717, 1.165) is 25.7 Å². The molecule has 1 aliphatic carbocycles. The van der Waals surface area contributed by atoms with Crippen LogP contribution in [0.5, 0.6) is 0 Å². The minimum atomic E-state index is -0.753. The van der Waals surface area contributed by atoms with Crippen LogP contribution in [0.4, 0.5) is 4.79 Å². The minimum absolute atomic E-state index is 0.0687. The third-order valence-electron chi connectivity index (χ3n) is 5.61. The van der Waals surface area contributed by atoms with E-state index in [-0.39, 0.29) is 23.5 Å². The highest BCUT2D eigenvalue weighted by Gasteiger charge is 2.72. The Morgan fingerprint density at radius 1 is 1.36 bits per heavy atom. The number of fused-ring (bicyclic) bond motifs is 3. The molecule has 2 aliphatic heterocycles. The molecule has 0 aromatic rings. The molecule has 140 valence electrons. The van der Waals surface area contributed by atoms with Crippen LogP contribution in [0.2, 0.25) is 0 Å². The van der Waals surface area contributed by atoms with Gasteiger partial charge < -0.3 is 24.3 Å². The lowest BCUT2D eigenvalue weighted by molar-refractivity contribution is -0.151. The lowest BCUT2D eigenvalue weighted by Gasteiger charge is -2.36. The van der Waals surface area contributed by atoms with Crippen molar-refractivity contribution in [2.75, 3.05) is 14.2 Å². The smallest absolute Gasteiger partial charge is 0.409 e. The largest absolute Gasteiger partial charge is 0.466 e. The molecule has 1 saturated heterocycles. The van der Waals surface area contributed by atoms with Crippen LogP contribution in [0.15, 0.2) is 11.8 Å². The fourth-order valence-corrected chi connectivity index (χ4v) is 4.34. The van der Waals surface area contributed by atoms with Crippen molar-refractivity contribution in [2.45, 2.75) is 63.4 Å². The number of rotatable bonds is 7. The molecule has 3 aliphatic rings. The van der Waals surface area contributed by atoms with Gasteiger partial charge in [0.25, 0.3) is 6.29 Å². The third kappa shape index (κ3) is 3.21. The highest BCUT2D eigenvalue weighted by Crippen LogP contribution is 2.63. The first-order valence-corrected chi connectivity index (χ1v) is 9.07. The van der Waals surface area contributed by atoms with Crippen LogP contribution in [0.1, 0.15) is 45.4 Å². The van der Waals surface area contributed by atoms with Gasteiger partial charge in [-0.25, -0.2) is 9.59 Å². The van der Waals surface area contributed by atoms with Gasteiger partial charge in [-0.15, -0.1) is 0 Å². The van der Waals surface area contributed by atoms with E-state index < -0.39 is 18.4 Å². The van der Waals surface area contributed by atoms with Crippen LogP contribution in [0.3, 0.4) is 0 Å². The van der Waals surface area contributed by atoms with E-state index in [1.54, 1.807) is 0 Å². The average molecular weight is 353 g/mol. The summed E-state index contributed by atoms with van der Waals surface area (Å²) < 4.78 is 21.9. The predicted octanol–water partition coefficient (Wildman–Crippen LogP) is 2.50. The molecule has 1 N–H and O–H groups in total. The number of hydrogen-bond donors (Lipinski definition) is 1. The number of nitrogens with one attached hydrogen (secondary N) is 1. The fourth-order valence-electron chi connectivity index (χ4n) is 4.34. The van der Waals surface area contributed by atoms with E-state index in [2.05, 4.69) is 12.2 Å². The second-order valence-electron chi connectivity index (χ2n) is 6.96. The number of hydrogen-bond acceptors (Lipinski definition) is 6. The molecule has 0 bridgehead atoms. The first-order chi connectivity index (χ1) is 12.1. The van der Waals surface area contributed by atoms with Gasteiger partial charge in [-0.1, -0.05) is 32.6 Å². The summed E-state index contributed by atoms with van der Waals surface area (Å²) >= 11 is 0. The first-order valence-electron chi connectivity index (χ1n) is 9.07. The van der Waals surface area contributed by atoms with Crippen LogP contribution in [-0.2, 0) is 23.7 Å². The molecule has 4 unspecified atom stereocenters. The summed E-state index contributed by atoms with van der Waals surface area (Å²) in [5.74, 6) is -0.646. The Bertz CT molecular complexity index is 562. The van der Waals surface area contributed by atoms with Crippen molar-refractivity contribution in [1.29, 1.82) is 0 Å². The Kier molecular flexibility index (Phi) is 5.22. The Labute approximate surface area is 148 Å². The summed E-state index contributed by atoms with van der Waals surface area (Å²) in [6.07, 6.45) is 6.36. The summed E-state index contributed by atoms with van der Waals surface area (Å²) in [4.78, 5) is 23.8. The maximum absolute atomic E-state index is 12.1. The Morgan fingerprint density at radius 2 is 2.16 bits per heavy atom. The molecule has 2 fully saturated rings. The van der Waals surface area contributed by atoms with Gasteiger partial charge in [0.1, 0.15) is 5.60 Å². The molecule has 1 saturated carbocycles. The van der Waals surface area contributed by atoms with Gasteiger partial charge in [-0.2, -0.15) is 0 Å². The standard InChI is InChI=1S/C18H27NO6/c1-4-5-6-7-8-18-13(25-18)9-11-12(15(20)22-3)10-23-16(14(11)18)24-17(21)19-2/h10-11,13-14,16H,4-9H2,1-3H3,(H,19,21)/t11?,13?,14?,16?,18-/m0/s1. The highest BCUT2D eigenvalue weighted by atomic mass is 16.7. The van der Waals surface area contributed by atoms with Crippen LogP contribution in [0.25, 0.3) is 0 Å². The molecule has 0 aromatic carbocycles. The normalized spacial score (nSPS) is 34.9. The Morgan fingerprint density at radius 3 is 2.84 bits per heavy atom. The van der Waals surface area contributed by atoms with Gasteiger partial charge in [-0.3, -0.25) is 0 Å². The second kappa shape index (κ2) is 7.23. The van der Waals surface area contributed by atoms with Crippen LogP contribution in [0, 0.1) is 11.8 Å². The number of amides is 1. The molecule has 1 amide bonds. The number of unbranched alkanes of at least 4 members (excludes halogenated alkanes) is 3. The Hall–Kier alpha value is -1.76. The molecule has 7 heteroatoms. The molecule has 7 nitrogen and oxygen atoms in total. The monoisotopic (exact) mass is 353 g/mol. The summed E-state index contributed by atoms with van der Waals surface area (Å²) in [5, 5.41) is 2.44. The number of carbonyl (C=O) groups is 2. The fraction of sp³-hybridized carbons (Fsp3) is 0.778. The SMILES string of the molecule is CCCCCC[C@]12OC1CC1C(C(=O)OC)=COC(OC(=O)NC)C12. The van der Waals surface area contributed by atoms with E-state index in [4.69, 9.17) is 18.9 Å². The lowest BCUT2D eigenvalue weighted by atomic mass is 9.79. The average Bonchev–Trinajstić information content (AvgIpc) is 3.22. The zero-order valence-corrected chi connectivity index (χ0v) is 15.1. The van der Waals surface area contributed by atoms with Crippen molar-refractivity contribution in [3.8, 4) is 0 Å². The number of methoxy groups -OCH3 is 1. The van der Waals surface area contributed by atoms with Gasteiger partial charge >= 0.3 is 12.1 Å². The molecular weight excluding hydrogens is 326 g/mol. The van der Waals surface area contributed by atoms with Gasteiger partial charge in [0.15, 0.2) is 0 Å². The van der Waals surface area contributed by atoms with Crippen molar-refractivity contribution in [1.82, 2.24) is 5.32 Å². The molecular formula is C18H27NO6. The number of epoxide rings is 1. The Balaban J connectivity index is 1.78. The minimum Gasteiger partial charge on any atom is -0.466 e. The number of carbonyl (C=O) groups excluding carboxylic acids is 2. The van der Waals surface area contributed by atoms with Gasteiger partial charge in [0.2, 0.25) is 0 Å². The highest BCUT2D eigenvalue weighted by molar-refractivity contribution is 5.89. The van der Waals surface area contributed by atoms with Gasteiger partial charge in [0, 0.05) is 13.0 Å². The van der Waals surface area contributed by atoms with Crippen LogP contribution < -0.4 is 5.32 Å². The zero-order valence-electron chi connectivity index (χ0n) is 15.1. The molecule has 25 heavy (non-hydrogen) atoms. The summed E-state index contributed by atoms with van der Waals surface area (Å²) in [7, 11) is 2.86. The van der Waals surface area contributed by atoms with Crippen molar-refractivity contribution in [3.05, 3.63) is 11.8 Å². The van der Waals surface area contributed by atoms with E-state index in [1.165, 1.54) is 33.3 Å². The van der Waals surface area contributed by atoms with Crippen LogP contribution >= 0.6 is 0 Å². The van der Waals surface area contributed by atoms with Crippen molar-refractivity contribution >= 4 is 12.1 Å². The van der Waals surface area contributed by atoms with Crippen LogP contribution in [-0.4, -0.2) is 44.2 Å². The number of alkyl carbamates (subject to hydrolysis) is 1. The summed E-state index contributed by atoms with van der Waals surface area (Å²) in [5.41, 5.74) is 0.151. The first kappa shape index (κ1) is 18.0. The number of ether oxygens (including phenoxy) is 4. The van der Waals surface area contributed by atoms with E-state index in [0.29, 0.717) is 5.57 Å². The molecule has 0 aromatic heterocycles. The molecule has 0 radical (unpaired) electrons. The molecule has 0 spiro atoms. The summed E-state index contributed by atoms with van der Waals surface area (Å²) in [6.45, 7) is 2.18. The molecule has 3 rings (SSSR count).